The molecule has 0 unspecified atom stereocenters. The summed E-state index contributed by atoms with van der Waals surface area (Å²) < 4.78 is 0. The molecule has 2 rings (SSSR count). The first kappa shape index (κ1) is 11.0. The van der Waals surface area contributed by atoms with Crippen LogP contribution >= 0.6 is 0 Å². The Balaban J connectivity index is 2.36. The van der Waals surface area contributed by atoms with Gasteiger partial charge in [-0.2, -0.15) is 0 Å². The summed E-state index contributed by atoms with van der Waals surface area (Å²) in [6.07, 6.45) is -1.49. The number of hydrogen-bond donors (Lipinski definition) is 0. The Morgan fingerprint density at radius 2 is 1.65 bits per heavy atom. The lowest BCUT2D eigenvalue weighted by molar-refractivity contribution is -0.261. The molecule has 0 saturated carbocycles. The number of amides is 5. The van der Waals surface area contributed by atoms with E-state index in [1.54, 1.807) is 0 Å². The first-order chi connectivity index (χ1) is 7.93. The summed E-state index contributed by atoms with van der Waals surface area (Å²) in [5, 5.41) is 10.5. The minimum Gasteiger partial charge on any atom is -0.529 e. The highest BCUT2D eigenvalue weighted by Gasteiger charge is 2.42. The van der Waals surface area contributed by atoms with E-state index in [2.05, 4.69) is 0 Å². The lowest BCUT2D eigenvalue weighted by atomic mass is 10.4. The monoisotopic (exact) mass is 237 g/mol. The van der Waals surface area contributed by atoms with E-state index in [-0.39, 0.29) is 17.7 Å². The van der Waals surface area contributed by atoms with Crippen molar-refractivity contribution < 1.29 is 29.1 Å². The zero-order chi connectivity index (χ0) is 12.7. The summed E-state index contributed by atoms with van der Waals surface area (Å²) in [6.45, 7) is 0. The smallest absolute Gasteiger partial charge is 0.283 e. The van der Waals surface area contributed by atoms with E-state index in [0.29, 0.717) is 11.0 Å². The number of likely N-dealkylation sites (tertiary alicyclic amines) is 1. The largest absolute Gasteiger partial charge is 0.529 e. The minimum atomic E-state index is -2.00. The van der Waals surface area contributed by atoms with Crippen molar-refractivity contribution in [1.82, 2.24) is 9.80 Å². The Labute approximate surface area is 94.1 Å². The fourth-order valence-electron chi connectivity index (χ4n) is 1.64. The Morgan fingerprint density at radius 1 is 1.12 bits per heavy atom. The number of carbonyl (C=O) groups is 5. The molecular weight excluding hydrogens is 232 g/mol. The fraction of sp³-hybridized carbons (Fsp3) is 0.222. The molecule has 0 aliphatic carbocycles. The Bertz CT molecular complexity index is 490. The van der Waals surface area contributed by atoms with Crippen molar-refractivity contribution in [3.63, 3.8) is 0 Å². The van der Waals surface area contributed by atoms with Gasteiger partial charge in [-0.1, -0.05) is 0 Å². The van der Waals surface area contributed by atoms with Crippen molar-refractivity contribution in [1.29, 1.82) is 0 Å². The molecule has 2 aliphatic rings. The van der Waals surface area contributed by atoms with E-state index in [9.17, 15) is 29.1 Å². The molecule has 5 amide bonds. The van der Waals surface area contributed by atoms with E-state index in [0.717, 1.165) is 0 Å². The summed E-state index contributed by atoms with van der Waals surface area (Å²) in [6, 6.07) is 0. The summed E-state index contributed by atoms with van der Waals surface area (Å²) in [7, 11) is 0. The van der Waals surface area contributed by atoms with Crippen molar-refractivity contribution in [2.75, 3.05) is 0 Å². The molecule has 0 aromatic heterocycles. The molecule has 8 nitrogen and oxygen atoms in total. The second-order valence-corrected chi connectivity index (χ2v) is 3.40. The third-order valence-electron chi connectivity index (χ3n) is 2.38. The third-order valence-corrected chi connectivity index (χ3v) is 2.38. The number of imide groups is 4. The molecule has 2 heterocycles. The average molecular weight is 237 g/mol. The van der Waals surface area contributed by atoms with Gasteiger partial charge >= 0.3 is 0 Å². The van der Waals surface area contributed by atoms with Gasteiger partial charge in [-0.15, -0.1) is 0 Å². The van der Waals surface area contributed by atoms with Gasteiger partial charge in [0.2, 0.25) is 11.8 Å². The Hall–Kier alpha value is -2.51. The molecule has 1 fully saturated rings. The van der Waals surface area contributed by atoms with Gasteiger partial charge < -0.3 is 9.90 Å². The predicted molar refractivity (Wildman–Crippen MR) is 46.4 cm³/mol. The average Bonchev–Trinajstić information content (AvgIpc) is 2.68. The molecule has 0 aromatic carbocycles. The lowest BCUT2D eigenvalue weighted by Gasteiger charge is -2.17. The summed E-state index contributed by atoms with van der Waals surface area (Å²) in [4.78, 5) is 56.2. The number of nitrogens with zero attached hydrogens (tertiary/aromatic N) is 2. The summed E-state index contributed by atoms with van der Waals surface area (Å²) in [5.41, 5.74) is -0.535. The quantitative estimate of drug-likeness (QED) is 0.475. The van der Waals surface area contributed by atoms with Crippen LogP contribution in [-0.2, 0) is 19.2 Å². The minimum absolute atomic E-state index is 0.0665. The SMILES string of the molecule is O=C([O-])N1C(=O)C=C(N2C(=O)CCC2=O)C1=O. The van der Waals surface area contributed by atoms with Gasteiger partial charge in [-0.25, -0.2) is 9.80 Å². The van der Waals surface area contributed by atoms with E-state index >= 15 is 0 Å². The molecule has 8 heteroatoms. The normalized spacial score (nSPS) is 20.4. The van der Waals surface area contributed by atoms with Crippen molar-refractivity contribution >= 4 is 29.7 Å². The summed E-state index contributed by atoms with van der Waals surface area (Å²) in [5.74, 6) is -3.65. The molecule has 2 aliphatic heterocycles. The summed E-state index contributed by atoms with van der Waals surface area (Å²) >= 11 is 0. The zero-order valence-electron chi connectivity index (χ0n) is 8.34. The van der Waals surface area contributed by atoms with Crippen molar-refractivity contribution in [3.05, 3.63) is 11.8 Å². The van der Waals surface area contributed by atoms with Crippen LogP contribution in [0.4, 0.5) is 4.79 Å². The first-order valence-corrected chi connectivity index (χ1v) is 4.60. The van der Waals surface area contributed by atoms with E-state index < -0.39 is 35.4 Å². The van der Waals surface area contributed by atoms with E-state index in [1.807, 2.05) is 0 Å². The van der Waals surface area contributed by atoms with Gasteiger partial charge in [0.15, 0.2) is 6.09 Å². The van der Waals surface area contributed by atoms with Crippen LogP contribution in [0.2, 0.25) is 0 Å². The maximum absolute atomic E-state index is 11.5. The van der Waals surface area contributed by atoms with Crippen LogP contribution in [0.15, 0.2) is 11.8 Å². The van der Waals surface area contributed by atoms with Gasteiger partial charge in [-0.3, -0.25) is 19.2 Å². The molecule has 17 heavy (non-hydrogen) atoms. The number of carboxylic acid groups (broad SMARTS) is 1. The van der Waals surface area contributed by atoms with Crippen LogP contribution < -0.4 is 5.11 Å². The van der Waals surface area contributed by atoms with Crippen LogP contribution in [0.25, 0.3) is 0 Å². The maximum atomic E-state index is 11.5. The molecule has 0 aromatic rings. The highest BCUT2D eigenvalue weighted by molar-refractivity contribution is 6.26. The predicted octanol–water partition coefficient (Wildman–Crippen LogP) is -2.27. The van der Waals surface area contributed by atoms with E-state index in [1.165, 1.54) is 0 Å². The maximum Gasteiger partial charge on any atom is 0.283 e. The van der Waals surface area contributed by atoms with Crippen molar-refractivity contribution in [3.8, 4) is 0 Å². The molecular formula is C9H5N2O6-. The lowest BCUT2D eigenvalue weighted by Crippen LogP contribution is -2.46. The van der Waals surface area contributed by atoms with Gasteiger partial charge in [0.1, 0.15) is 5.70 Å². The molecule has 0 spiro atoms. The zero-order valence-corrected chi connectivity index (χ0v) is 8.34. The molecule has 1 saturated heterocycles. The third kappa shape index (κ3) is 1.50. The van der Waals surface area contributed by atoms with Gasteiger partial charge in [-0.05, 0) is 0 Å². The Kier molecular flexibility index (Phi) is 2.27. The van der Waals surface area contributed by atoms with Crippen LogP contribution in [-0.4, -0.2) is 39.5 Å². The molecule has 0 bridgehead atoms. The molecule has 88 valence electrons. The van der Waals surface area contributed by atoms with Crippen LogP contribution in [0, 0.1) is 0 Å². The topological polar surface area (TPSA) is 115 Å². The fourth-order valence-corrected chi connectivity index (χ4v) is 1.64. The van der Waals surface area contributed by atoms with Crippen LogP contribution in [0.3, 0.4) is 0 Å². The molecule has 0 N–H and O–H groups in total. The van der Waals surface area contributed by atoms with Crippen molar-refractivity contribution in [2.45, 2.75) is 12.8 Å². The second-order valence-electron chi connectivity index (χ2n) is 3.40. The van der Waals surface area contributed by atoms with Crippen LogP contribution in [0.5, 0.6) is 0 Å². The molecule has 0 radical (unpaired) electrons. The second kappa shape index (κ2) is 3.51. The highest BCUT2D eigenvalue weighted by atomic mass is 16.4. The number of rotatable bonds is 1. The van der Waals surface area contributed by atoms with Gasteiger partial charge in [0.05, 0.1) is 0 Å². The first-order valence-electron chi connectivity index (χ1n) is 4.60. The number of hydrogen-bond acceptors (Lipinski definition) is 6. The van der Waals surface area contributed by atoms with Gasteiger partial charge in [0, 0.05) is 18.9 Å². The van der Waals surface area contributed by atoms with Gasteiger partial charge in [0.25, 0.3) is 11.8 Å². The standard InChI is InChI=1S/C9H6N2O6/c12-5-1-2-6(13)10(5)4-3-7(14)11(8(4)15)9(16)17/h3H,1-2H2,(H,16,17)/p-1. The van der Waals surface area contributed by atoms with E-state index in [4.69, 9.17) is 0 Å². The molecule has 0 atom stereocenters. The van der Waals surface area contributed by atoms with Crippen LogP contribution in [0.1, 0.15) is 12.8 Å². The highest BCUT2D eigenvalue weighted by Crippen LogP contribution is 2.23. The number of carbonyl (C=O) groups excluding carboxylic acids is 5. The van der Waals surface area contributed by atoms with Crippen molar-refractivity contribution in [2.24, 2.45) is 0 Å². The Morgan fingerprint density at radius 3 is 2.06 bits per heavy atom.